The van der Waals surface area contributed by atoms with Gasteiger partial charge in [-0.05, 0) is 42.5 Å². The predicted molar refractivity (Wildman–Crippen MR) is 112 cm³/mol. The number of benzene rings is 3. The van der Waals surface area contributed by atoms with Gasteiger partial charge in [-0.15, -0.1) is 0 Å². The average Bonchev–Trinajstić information content (AvgIpc) is 3.16. The van der Waals surface area contributed by atoms with Gasteiger partial charge in [0.1, 0.15) is 22.6 Å². The van der Waals surface area contributed by atoms with Gasteiger partial charge in [0, 0.05) is 22.3 Å². The molecular formula is C22H17ClN2O4. The normalized spacial score (nSPS) is 10.7. The van der Waals surface area contributed by atoms with Crippen LogP contribution in [0.2, 0.25) is 5.02 Å². The summed E-state index contributed by atoms with van der Waals surface area (Å²) in [6, 6.07) is 17.7. The highest BCUT2D eigenvalue weighted by Crippen LogP contribution is 2.31. The Kier molecular flexibility index (Phi) is 5.10. The number of nitrogens with zero attached hydrogens (tertiary/aromatic N) is 1. The van der Waals surface area contributed by atoms with Crippen LogP contribution in [-0.4, -0.2) is 25.1 Å². The molecule has 0 saturated heterocycles. The van der Waals surface area contributed by atoms with Crippen LogP contribution in [0, 0.1) is 0 Å². The number of carbonyl (C=O) groups is 1. The van der Waals surface area contributed by atoms with E-state index < -0.39 is 0 Å². The highest BCUT2D eigenvalue weighted by Gasteiger charge is 2.19. The zero-order valence-corrected chi connectivity index (χ0v) is 16.5. The van der Waals surface area contributed by atoms with Crippen molar-refractivity contribution in [3.8, 4) is 23.0 Å². The van der Waals surface area contributed by atoms with E-state index in [9.17, 15) is 4.79 Å². The van der Waals surface area contributed by atoms with E-state index in [4.69, 9.17) is 25.5 Å². The lowest BCUT2D eigenvalue weighted by Gasteiger charge is -2.12. The first kappa shape index (κ1) is 18.8. The van der Waals surface area contributed by atoms with E-state index in [0.717, 1.165) is 5.56 Å². The van der Waals surface area contributed by atoms with E-state index in [1.54, 1.807) is 48.5 Å². The Balaban J connectivity index is 1.65. The maximum absolute atomic E-state index is 12.8. The predicted octanol–water partition coefficient (Wildman–Crippen LogP) is 5.42. The van der Waals surface area contributed by atoms with E-state index in [0.29, 0.717) is 44.8 Å². The molecule has 0 aliphatic heterocycles. The largest absolute Gasteiger partial charge is 0.496 e. The van der Waals surface area contributed by atoms with Gasteiger partial charge in [-0.25, -0.2) is 4.98 Å². The maximum atomic E-state index is 12.8. The van der Waals surface area contributed by atoms with Crippen LogP contribution in [0.1, 0.15) is 10.4 Å². The Hall–Kier alpha value is -3.51. The molecule has 0 spiro atoms. The molecule has 0 radical (unpaired) electrons. The fourth-order valence-corrected chi connectivity index (χ4v) is 3.21. The third-order valence-electron chi connectivity index (χ3n) is 4.37. The monoisotopic (exact) mass is 408 g/mol. The fraction of sp³-hybridized carbons (Fsp3) is 0.0909. The molecule has 1 heterocycles. The first-order valence-corrected chi connectivity index (χ1v) is 9.15. The summed E-state index contributed by atoms with van der Waals surface area (Å²) in [7, 11) is 3.01. The third kappa shape index (κ3) is 3.75. The number of carbonyl (C=O) groups excluding carboxylic acids is 1. The van der Waals surface area contributed by atoms with Gasteiger partial charge >= 0.3 is 0 Å². The SMILES string of the molecule is COc1cccc(OC)c1C(=O)Nc1ccc2nc(-c3cccc(Cl)c3)oc2c1. The molecule has 0 aliphatic carbocycles. The zero-order valence-electron chi connectivity index (χ0n) is 15.7. The standard InChI is InChI=1S/C22H17ClN2O4/c1-27-17-7-4-8-18(28-2)20(17)21(26)24-15-9-10-16-19(12-15)29-22(25-16)13-5-3-6-14(23)11-13/h3-12H,1-2H3,(H,24,26). The highest BCUT2D eigenvalue weighted by atomic mass is 35.5. The quantitative estimate of drug-likeness (QED) is 0.477. The lowest BCUT2D eigenvalue weighted by Crippen LogP contribution is -2.14. The minimum absolute atomic E-state index is 0.315. The Bertz CT molecular complexity index is 1180. The van der Waals surface area contributed by atoms with Gasteiger partial charge in [-0.2, -0.15) is 0 Å². The molecule has 0 aliphatic rings. The molecule has 7 heteroatoms. The third-order valence-corrected chi connectivity index (χ3v) is 4.61. The smallest absolute Gasteiger partial charge is 0.263 e. The van der Waals surface area contributed by atoms with Crippen molar-refractivity contribution in [2.75, 3.05) is 19.5 Å². The van der Waals surface area contributed by atoms with E-state index in [-0.39, 0.29) is 5.91 Å². The molecule has 1 aromatic heterocycles. The Morgan fingerprint density at radius 2 is 1.72 bits per heavy atom. The van der Waals surface area contributed by atoms with Crippen molar-refractivity contribution in [2.45, 2.75) is 0 Å². The number of hydrogen-bond donors (Lipinski definition) is 1. The molecule has 1 N–H and O–H groups in total. The van der Waals surface area contributed by atoms with Crippen molar-refractivity contribution in [1.29, 1.82) is 0 Å². The summed E-state index contributed by atoms with van der Waals surface area (Å²) >= 11 is 6.05. The van der Waals surface area contributed by atoms with Gasteiger partial charge in [-0.1, -0.05) is 23.7 Å². The number of anilines is 1. The average molecular weight is 409 g/mol. The summed E-state index contributed by atoms with van der Waals surface area (Å²) < 4.78 is 16.5. The van der Waals surface area contributed by atoms with Gasteiger partial charge in [-0.3, -0.25) is 4.79 Å². The van der Waals surface area contributed by atoms with E-state index in [1.165, 1.54) is 14.2 Å². The Morgan fingerprint density at radius 3 is 2.41 bits per heavy atom. The van der Waals surface area contributed by atoms with Crippen LogP contribution in [0.3, 0.4) is 0 Å². The van der Waals surface area contributed by atoms with E-state index >= 15 is 0 Å². The second-order valence-corrected chi connectivity index (χ2v) is 6.64. The molecule has 0 saturated carbocycles. The van der Waals surface area contributed by atoms with Crippen LogP contribution >= 0.6 is 11.6 Å². The summed E-state index contributed by atoms with van der Waals surface area (Å²) in [5.74, 6) is 0.947. The molecule has 0 fully saturated rings. The number of hydrogen-bond acceptors (Lipinski definition) is 5. The van der Waals surface area contributed by atoms with Gasteiger partial charge in [0.05, 0.1) is 14.2 Å². The fourth-order valence-electron chi connectivity index (χ4n) is 3.02. The van der Waals surface area contributed by atoms with Gasteiger partial charge < -0.3 is 19.2 Å². The zero-order chi connectivity index (χ0) is 20.4. The number of ether oxygens (including phenoxy) is 2. The molecule has 146 valence electrons. The molecule has 3 aromatic carbocycles. The van der Waals surface area contributed by atoms with Crippen molar-refractivity contribution in [1.82, 2.24) is 4.98 Å². The van der Waals surface area contributed by atoms with Crippen LogP contribution in [0.4, 0.5) is 5.69 Å². The number of oxazole rings is 1. The molecule has 0 atom stereocenters. The van der Waals surface area contributed by atoms with E-state index in [1.807, 2.05) is 12.1 Å². The summed E-state index contributed by atoms with van der Waals surface area (Å²) in [5, 5.41) is 3.45. The summed E-state index contributed by atoms with van der Waals surface area (Å²) in [6.07, 6.45) is 0. The number of methoxy groups -OCH3 is 2. The molecule has 0 unspecified atom stereocenters. The van der Waals surface area contributed by atoms with Crippen molar-refractivity contribution in [2.24, 2.45) is 0 Å². The molecule has 1 amide bonds. The Labute approximate surface area is 172 Å². The topological polar surface area (TPSA) is 73.6 Å². The number of halogens is 1. The van der Waals surface area contributed by atoms with Crippen molar-refractivity contribution in [3.63, 3.8) is 0 Å². The number of amides is 1. The van der Waals surface area contributed by atoms with E-state index in [2.05, 4.69) is 10.3 Å². The maximum Gasteiger partial charge on any atom is 0.263 e. The lowest BCUT2D eigenvalue weighted by atomic mass is 10.1. The van der Waals surface area contributed by atoms with Crippen LogP contribution in [0.15, 0.2) is 65.1 Å². The van der Waals surface area contributed by atoms with Crippen LogP contribution in [0.25, 0.3) is 22.6 Å². The summed E-state index contributed by atoms with van der Waals surface area (Å²) in [6.45, 7) is 0. The van der Waals surface area contributed by atoms with Crippen LogP contribution in [0.5, 0.6) is 11.5 Å². The van der Waals surface area contributed by atoms with Gasteiger partial charge in [0.25, 0.3) is 5.91 Å². The van der Waals surface area contributed by atoms with Gasteiger partial charge in [0.15, 0.2) is 5.58 Å². The minimum atomic E-state index is -0.353. The van der Waals surface area contributed by atoms with Gasteiger partial charge in [0.2, 0.25) is 5.89 Å². The van der Waals surface area contributed by atoms with Crippen LogP contribution < -0.4 is 14.8 Å². The number of rotatable bonds is 5. The molecule has 6 nitrogen and oxygen atoms in total. The Morgan fingerprint density at radius 1 is 1.00 bits per heavy atom. The lowest BCUT2D eigenvalue weighted by molar-refractivity contribution is 0.102. The summed E-state index contributed by atoms with van der Waals surface area (Å²) in [4.78, 5) is 17.3. The first-order chi connectivity index (χ1) is 14.1. The van der Waals surface area contributed by atoms with Crippen molar-refractivity contribution < 1.29 is 18.7 Å². The second kappa shape index (κ2) is 7.85. The number of nitrogens with one attached hydrogen (secondary N) is 1. The molecule has 4 aromatic rings. The number of fused-ring (bicyclic) bond motifs is 1. The first-order valence-electron chi connectivity index (χ1n) is 8.78. The molecular weight excluding hydrogens is 392 g/mol. The molecule has 0 bridgehead atoms. The highest BCUT2D eigenvalue weighted by molar-refractivity contribution is 6.30. The second-order valence-electron chi connectivity index (χ2n) is 6.20. The minimum Gasteiger partial charge on any atom is -0.496 e. The van der Waals surface area contributed by atoms with Crippen molar-refractivity contribution >= 4 is 34.3 Å². The summed E-state index contributed by atoms with van der Waals surface area (Å²) in [5.41, 5.74) is 2.87. The van der Waals surface area contributed by atoms with Crippen molar-refractivity contribution in [3.05, 3.63) is 71.2 Å². The molecule has 4 rings (SSSR count). The molecule has 29 heavy (non-hydrogen) atoms. The van der Waals surface area contributed by atoms with Crippen LogP contribution in [-0.2, 0) is 0 Å². The number of aromatic nitrogens is 1.